The number of anilines is 1. The fourth-order valence-electron chi connectivity index (χ4n) is 2.91. The number of nitrogens with one attached hydrogen (secondary N) is 1. The monoisotopic (exact) mass is 312 g/mol. The number of oxazole rings is 1. The summed E-state index contributed by atoms with van der Waals surface area (Å²) in [6, 6.07) is 10.0. The van der Waals surface area contributed by atoms with E-state index in [-0.39, 0.29) is 17.7 Å². The van der Waals surface area contributed by atoms with Crippen molar-refractivity contribution in [3.05, 3.63) is 42.3 Å². The van der Waals surface area contributed by atoms with Crippen LogP contribution in [0.2, 0.25) is 0 Å². The van der Waals surface area contributed by atoms with Crippen molar-refractivity contribution in [3.8, 4) is 0 Å². The third kappa shape index (κ3) is 2.65. The van der Waals surface area contributed by atoms with Gasteiger partial charge in [0.15, 0.2) is 5.58 Å². The first-order chi connectivity index (χ1) is 11.3. The summed E-state index contributed by atoms with van der Waals surface area (Å²) in [5, 5.41) is 6.42. The molecule has 0 spiro atoms. The lowest BCUT2D eigenvalue weighted by molar-refractivity contribution is 0.0914. The fraction of sp³-hybridized carbons (Fsp3) is 0.312. The predicted molar refractivity (Wildman–Crippen MR) is 83.2 cm³/mol. The highest BCUT2D eigenvalue weighted by Gasteiger charge is 2.29. The Kier molecular flexibility index (Phi) is 3.45. The molecule has 1 aromatic carbocycles. The van der Waals surface area contributed by atoms with E-state index in [1.807, 2.05) is 24.3 Å². The Morgan fingerprint density at radius 2 is 2.26 bits per heavy atom. The molecule has 0 radical (unpaired) electrons. The van der Waals surface area contributed by atoms with E-state index in [1.54, 1.807) is 6.07 Å². The number of benzene rings is 1. The maximum absolute atomic E-state index is 11.9. The fourth-order valence-corrected chi connectivity index (χ4v) is 2.91. The molecule has 1 saturated heterocycles. The lowest BCUT2D eigenvalue weighted by Crippen LogP contribution is -2.40. The van der Waals surface area contributed by atoms with Gasteiger partial charge in [-0.2, -0.15) is 4.98 Å². The molecule has 0 unspecified atom stereocenters. The largest absolute Gasteiger partial charge is 0.423 e. The van der Waals surface area contributed by atoms with Gasteiger partial charge in [0.25, 0.3) is 11.9 Å². The second-order valence-electron chi connectivity index (χ2n) is 5.54. The van der Waals surface area contributed by atoms with E-state index in [0.717, 1.165) is 30.5 Å². The molecule has 7 nitrogen and oxygen atoms in total. The molecule has 1 aliphatic heterocycles. The van der Waals surface area contributed by atoms with Crippen molar-refractivity contribution in [1.29, 1.82) is 0 Å². The lowest BCUT2D eigenvalue weighted by Gasteiger charge is -2.22. The summed E-state index contributed by atoms with van der Waals surface area (Å²) in [5.74, 6) is -0.0386. The third-order valence-electron chi connectivity index (χ3n) is 4.07. The van der Waals surface area contributed by atoms with Crippen LogP contribution in [0.1, 0.15) is 23.4 Å². The molecule has 0 aliphatic carbocycles. The van der Waals surface area contributed by atoms with Crippen molar-refractivity contribution in [2.45, 2.75) is 18.9 Å². The van der Waals surface area contributed by atoms with E-state index >= 15 is 0 Å². The molecule has 23 heavy (non-hydrogen) atoms. The molecule has 1 aliphatic rings. The summed E-state index contributed by atoms with van der Waals surface area (Å²) in [7, 11) is 0. The van der Waals surface area contributed by atoms with E-state index in [0.29, 0.717) is 12.6 Å². The first kappa shape index (κ1) is 13.8. The van der Waals surface area contributed by atoms with Gasteiger partial charge in [-0.25, -0.2) is 0 Å². The molecule has 0 bridgehead atoms. The lowest BCUT2D eigenvalue weighted by atomic mass is 10.2. The number of fused-ring (bicyclic) bond motifs is 1. The van der Waals surface area contributed by atoms with Gasteiger partial charge in [0, 0.05) is 19.2 Å². The summed E-state index contributed by atoms with van der Waals surface area (Å²) >= 11 is 0. The van der Waals surface area contributed by atoms with Crippen LogP contribution in [-0.4, -0.2) is 35.2 Å². The standard InChI is InChI=1S/C16H16N4O3/c21-15(14-7-8-18-23-14)17-10-11-4-3-9-20(11)16-19-12-5-1-2-6-13(12)22-16/h1-2,5-8,11H,3-4,9-10H2,(H,17,21)/t11-/m1/s1. The number of para-hydroxylation sites is 2. The minimum Gasteiger partial charge on any atom is -0.423 e. The van der Waals surface area contributed by atoms with Crippen molar-refractivity contribution < 1.29 is 13.7 Å². The molecule has 2 aromatic heterocycles. The summed E-state index contributed by atoms with van der Waals surface area (Å²) in [6.45, 7) is 1.38. The van der Waals surface area contributed by atoms with Gasteiger partial charge in [0.2, 0.25) is 5.76 Å². The number of carbonyl (C=O) groups is 1. The third-order valence-corrected chi connectivity index (χ3v) is 4.07. The van der Waals surface area contributed by atoms with Crippen molar-refractivity contribution in [1.82, 2.24) is 15.5 Å². The van der Waals surface area contributed by atoms with Crippen LogP contribution in [-0.2, 0) is 0 Å². The van der Waals surface area contributed by atoms with Gasteiger partial charge in [0.1, 0.15) is 5.52 Å². The second kappa shape index (κ2) is 5.75. The molecule has 118 valence electrons. The number of rotatable bonds is 4. The minimum atomic E-state index is -0.257. The summed E-state index contributed by atoms with van der Waals surface area (Å²) in [5.41, 5.74) is 1.62. The van der Waals surface area contributed by atoms with E-state index < -0.39 is 0 Å². The predicted octanol–water partition coefficient (Wildman–Crippen LogP) is 2.21. The van der Waals surface area contributed by atoms with Gasteiger partial charge in [-0.3, -0.25) is 4.79 Å². The molecule has 1 fully saturated rings. The van der Waals surface area contributed by atoms with Gasteiger partial charge in [-0.1, -0.05) is 17.3 Å². The highest BCUT2D eigenvalue weighted by Crippen LogP contribution is 2.27. The maximum Gasteiger partial charge on any atom is 0.298 e. The van der Waals surface area contributed by atoms with Crippen LogP contribution in [0.3, 0.4) is 0 Å². The van der Waals surface area contributed by atoms with Crippen LogP contribution in [0.5, 0.6) is 0 Å². The average molecular weight is 312 g/mol. The summed E-state index contributed by atoms with van der Waals surface area (Å²) in [6.07, 6.45) is 3.48. The van der Waals surface area contributed by atoms with Gasteiger partial charge in [-0.05, 0) is 25.0 Å². The van der Waals surface area contributed by atoms with Crippen LogP contribution in [0.25, 0.3) is 11.1 Å². The van der Waals surface area contributed by atoms with E-state index in [9.17, 15) is 4.79 Å². The first-order valence-electron chi connectivity index (χ1n) is 7.62. The molecule has 7 heteroatoms. The van der Waals surface area contributed by atoms with Gasteiger partial charge in [-0.15, -0.1) is 0 Å². The molecule has 4 rings (SSSR count). The highest BCUT2D eigenvalue weighted by molar-refractivity contribution is 5.91. The number of hydrogen-bond acceptors (Lipinski definition) is 6. The molecular formula is C16H16N4O3. The average Bonchev–Trinajstić information content (AvgIpc) is 3.31. The quantitative estimate of drug-likeness (QED) is 0.795. The first-order valence-corrected chi connectivity index (χ1v) is 7.62. The molecule has 1 N–H and O–H groups in total. The number of amides is 1. The van der Waals surface area contributed by atoms with E-state index in [2.05, 4.69) is 20.4 Å². The Morgan fingerprint density at radius 3 is 3.09 bits per heavy atom. The van der Waals surface area contributed by atoms with Gasteiger partial charge >= 0.3 is 0 Å². The Labute approximate surface area is 132 Å². The van der Waals surface area contributed by atoms with Crippen molar-refractivity contribution in [2.75, 3.05) is 18.0 Å². The Morgan fingerprint density at radius 1 is 1.35 bits per heavy atom. The van der Waals surface area contributed by atoms with Crippen LogP contribution in [0.15, 0.2) is 45.5 Å². The Balaban J connectivity index is 1.47. The smallest absolute Gasteiger partial charge is 0.298 e. The van der Waals surface area contributed by atoms with Crippen LogP contribution in [0, 0.1) is 0 Å². The molecule has 3 aromatic rings. The van der Waals surface area contributed by atoms with Crippen LogP contribution >= 0.6 is 0 Å². The molecule has 1 atom stereocenters. The highest BCUT2D eigenvalue weighted by atomic mass is 16.5. The zero-order valence-corrected chi connectivity index (χ0v) is 12.4. The summed E-state index contributed by atoms with van der Waals surface area (Å²) in [4.78, 5) is 18.6. The van der Waals surface area contributed by atoms with Gasteiger partial charge < -0.3 is 19.2 Å². The Hall–Kier alpha value is -2.83. The van der Waals surface area contributed by atoms with Crippen molar-refractivity contribution in [3.63, 3.8) is 0 Å². The minimum absolute atomic E-state index is 0.162. The van der Waals surface area contributed by atoms with Crippen LogP contribution < -0.4 is 10.2 Å². The molecular weight excluding hydrogens is 296 g/mol. The van der Waals surface area contributed by atoms with E-state index in [1.165, 1.54) is 6.20 Å². The number of carbonyl (C=O) groups excluding carboxylic acids is 1. The molecule has 0 saturated carbocycles. The zero-order valence-electron chi connectivity index (χ0n) is 12.4. The number of hydrogen-bond donors (Lipinski definition) is 1. The second-order valence-corrected chi connectivity index (χ2v) is 5.54. The zero-order chi connectivity index (χ0) is 15.6. The number of aromatic nitrogens is 2. The van der Waals surface area contributed by atoms with Gasteiger partial charge in [0.05, 0.1) is 12.2 Å². The van der Waals surface area contributed by atoms with Crippen molar-refractivity contribution >= 4 is 23.0 Å². The molecule has 1 amide bonds. The summed E-state index contributed by atoms with van der Waals surface area (Å²) < 4.78 is 10.7. The van der Waals surface area contributed by atoms with Crippen LogP contribution in [0.4, 0.5) is 6.01 Å². The SMILES string of the molecule is O=C(NC[C@H]1CCCN1c1nc2ccccc2o1)c1ccno1. The molecule has 3 heterocycles. The number of nitrogens with zero attached hydrogens (tertiary/aromatic N) is 3. The normalized spacial score (nSPS) is 17.7. The topological polar surface area (TPSA) is 84.4 Å². The maximum atomic E-state index is 11.9. The van der Waals surface area contributed by atoms with Crippen molar-refractivity contribution in [2.24, 2.45) is 0 Å². The van der Waals surface area contributed by atoms with E-state index in [4.69, 9.17) is 8.94 Å². The Bertz CT molecular complexity index is 779.